The van der Waals surface area contributed by atoms with Crippen molar-refractivity contribution in [2.75, 3.05) is 11.1 Å². The first-order valence-corrected chi connectivity index (χ1v) is 6.51. The van der Waals surface area contributed by atoms with Crippen molar-refractivity contribution in [3.8, 4) is 0 Å². The summed E-state index contributed by atoms with van der Waals surface area (Å²) in [6.07, 6.45) is 1.64. The van der Waals surface area contributed by atoms with Crippen LogP contribution in [0.25, 0.3) is 0 Å². The van der Waals surface area contributed by atoms with E-state index in [1.165, 1.54) is 0 Å². The molecule has 7 nitrogen and oxygen atoms in total. The molecule has 0 aliphatic rings. The van der Waals surface area contributed by atoms with Gasteiger partial charge in [-0.05, 0) is 6.92 Å². The van der Waals surface area contributed by atoms with Gasteiger partial charge < -0.3 is 11.1 Å². The molecule has 0 unspecified atom stereocenters. The zero-order valence-corrected chi connectivity index (χ0v) is 12.2. The van der Waals surface area contributed by atoms with Crippen LogP contribution in [0.1, 0.15) is 43.9 Å². The van der Waals surface area contributed by atoms with Gasteiger partial charge in [0.1, 0.15) is 0 Å². The Morgan fingerprint density at radius 1 is 1.50 bits per heavy atom. The average Bonchev–Trinajstić information content (AvgIpc) is 2.94. The molecule has 0 aromatic carbocycles. The summed E-state index contributed by atoms with van der Waals surface area (Å²) >= 11 is 0. The fraction of sp³-hybridized carbons (Fsp3) is 0.462. The zero-order chi connectivity index (χ0) is 14.9. The molecule has 2 aromatic rings. The fourth-order valence-electron chi connectivity index (χ4n) is 1.72. The second-order valence-corrected chi connectivity index (χ2v) is 5.66. The van der Waals surface area contributed by atoms with Gasteiger partial charge in [0.15, 0.2) is 11.5 Å². The molecule has 4 N–H and O–H groups in total. The topological polar surface area (TPSA) is 102 Å². The van der Waals surface area contributed by atoms with Crippen molar-refractivity contribution in [3.05, 3.63) is 23.7 Å². The molecule has 0 aliphatic carbocycles. The number of carbonyl (C=O) groups is 1. The lowest BCUT2D eigenvalue weighted by Crippen LogP contribution is -2.15. The molecule has 1 amide bonds. The molecule has 2 heterocycles. The summed E-state index contributed by atoms with van der Waals surface area (Å²) in [5, 5.41) is 13.8. The molecular weight excluding hydrogens is 256 g/mol. The van der Waals surface area contributed by atoms with E-state index in [2.05, 4.69) is 41.4 Å². The van der Waals surface area contributed by atoms with Crippen molar-refractivity contribution < 1.29 is 4.79 Å². The number of aryl methyl sites for hydroxylation is 1. The number of amides is 1. The summed E-state index contributed by atoms with van der Waals surface area (Å²) < 4.78 is 1.62. The lowest BCUT2D eigenvalue weighted by molar-refractivity contribution is 0.102. The minimum Gasteiger partial charge on any atom is -0.396 e. The van der Waals surface area contributed by atoms with Crippen LogP contribution in [0.3, 0.4) is 0 Å². The number of carbonyl (C=O) groups excluding carboxylic acids is 1. The van der Waals surface area contributed by atoms with Gasteiger partial charge in [0.05, 0.1) is 5.69 Å². The van der Waals surface area contributed by atoms with Crippen LogP contribution < -0.4 is 11.1 Å². The van der Waals surface area contributed by atoms with E-state index in [-0.39, 0.29) is 17.0 Å². The van der Waals surface area contributed by atoms with Crippen LogP contribution in [0, 0.1) is 0 Å². The molecule has 0 bridgehead atoms. The number of aromatic amines is 1. The van der Waals surface area contributed by atoms with Crippen molar-refractivity contribution in [1.82, 2.24) is 20.0 Å². The highest BCUT2D eigenvalue weighted by atomic mass is 16.2. The molecule has 7 heteroatoms. The number of rotatable bonds is 3. The highest BCUT2D eigenvalue weighted by Crippen LogP contribution is 2.22. The molecule has 2 aromatic heterocycles. The number of nitrogens with two attached hydrogens (primary N) is 1. The van der Waals surface area contributed by atoms with E-state index in [0.717, 1.165) is 5.69 Å². The quantitative estimate of drug-likeness (QED) is 0.794. The van der Waals surface area contributed by atoms with Gasteiger partial charge in [-0.1, -0.05) is 20.8 Å². The van der Waals surface area contributed by atoms with Crippen molar-refractivity contribution in [2.24, 2.45) is 0 Å². The molecule has 0 atom stereocenters. The summed E-state index contributed by atoms with van der Waals surface area (Å²) in [5.74, 6) is 0.104. The highest BCUT2D eigenvalue weighted by molar-refractivity contribution is 6.05. The number of nitrogen functional groups attached to an aromatic ring is 1. The van der Waals surface area contributed by atoms with Crippen LogP contribution >= 0.6 is 0 Å². The van der Waals surface area contributed by atoms with E-state index in [1.54, 1.807) is 10.9 Å². The minimum atomic E-state index is -0.360. The number of hydrogen-bond donors (Lipinski definition) is 3. The molecule has 0 saturated heterocycles. The highest BCUT2D eigenvalue weighted by Gasteiger charge is 2.19. The molecule has 2 rings (SSSR count). The van der Waals surface area contributed by atoms with Gasteiger partial charge in [0.2, 0.25) is 0 Å². The summed E-state index contributed by atoms with van der Waals surface area (Å²) in [5.41, 5.74) is 7.23. The maximum Gasteiger partial charge on any atom is 0.279 e. The Morgan fingerprint density at radius 2 is 2.20 bits per heavy atom. The van der Waals surface area contributed by atoms with Gasteiger partial charge in [-0.25, -0.2) is 0 Å². The molecule has 0 saturated carbocycles. The van der Waals surface area contributed by atoms with Crippen LogP contribution in [0.5, 0.6) is 0 Å². The maximum atomic E-state index is 12.1. The first-order chi connectivity index (χ1) is 9.31. The van der Waals surface area contributed by atoms with Crippen LogP contribution in [0.15, 0.2) is 12.3 Å². The summed E-state index contributed by atoms with van der Waals surface area (Å²) in [7, 11) is 0. The third kappa shape index (κ3) is 2.81. The van der Waals surface area contributed by atoms with Crippen LogP contribution in [0.4, 0.5) is 11.5 Å². The van der Waals surface area contributed by atoms with E-state index >= 15 is 0 Å². The molecule has 108 valence electrons. The minimum absolute atomic E-state index is 0.0568. The van der Waals surface area contributed by atoms with Gasteiger partial charge in [-0.3, -0.25) is 14.6 Å². The Kier molecular flexibility index (Phi) is 3.52. The summed E-state index contributed by atoms with van der Waals surface area (Å²) in [4.78, 5) is 12.1. The molecule has 0 aliphatic heterocycles. The van der Waals surface area contributed by atoms with Gasteiger partial charge in [-0.15, -0.1) is 0 Å². The molecule has 0 radical (unpaired) electrons. The summed E-state index contributed by atoms with van der Waals surface area (Å²) in [6.45, 7) is 8.78. The SMILES string of the molecule is CCn1cc(N)c(C(=O)Nc2cc(C(C)(C)C)[nH]n2)n1. The standard InChI is InChI=1S/C13H20N6O/c1-5-19-7-8(14)11(18-19)12(20)15-10-6-9(16-17-10)13(2,3)4/h6-7H,5,14H2,1-4H3,(H2,15,16,17,20). The van der Waals surface area contributed by atoms with Gasteiger partial charge in [0.25, 0.3) is 5.91 Å². The van der Waals surface area contributed by atoms with Gasteiger partial charge in [-0.2, -0.15) is 10.2 Å². The maximum absolute atomic E-state index is 12.1. The Labute approximate surface area is 117 Å². The number of anilines is 2. The fourth-order valence-corrected chi connectivity index (χ4v) is 1.72. The number of nitrogens with zero attached hydrogens (tertiary/aromatic N) is 3. The second-order valence-electron chi connectivity index (χ2n) is 5.66. The lowest BCUT2D eigenvalue weighted by Gasteiger charge is -2.14. The molecule has 0 fully saturated rings. The number of H-pyrrole nitrogens is 1. The summed E-state index contributed by atoms with van der Waals surface area (Å²) in [6, 6.07) is 1.81. The van der Waals surface area contributed by atoms with Crippen molar-refractivity contribution in [1.29, 1.82) is 0 Å². The van der Waals surface area contributed by atoms with Gasteiger partial charge >= 0.3 is 0 Å². The Hall–Kier alpha value is -2.31. The van der Waals surface area contributed by atoms with Crippen molar-refractivity contribution >= 4 is 17.4 Å². The molecular formula is C13H20N6O. The average molecular weight is 276 g/mol. The van der Waals surface area contributed by atoms with E-state index in [4.69, 9.17) is 5.73 Å². The van der Waals surface area contributed by atoms with E-state index in [0.29, 0.717) is 18.1 Å². The van der Waals surface area contributed by atoms with Crippen LogP contribution in [-0.2, 0) is 12.0 Å². The lowest BCUT2D eigenvalue weighted by atomic mass is 9.92. The van der Waals surface area contributed by atoms with Crippen LogP contribution in [0.2, 0.25) is 0 Å². The number of hydrogen-bond acceptors (Lipinski definition) is 4. The van der Waals surface area contributed by atoms with E-state index in [1.807, 2.05) is 13.0 Å². The smallest absolute Gasteiger partial charge is 0.279 e. The van der Waals surface area contributed by atoms with E-state index < -0.39 is 0 Å². The third-order valence-corrected chi connectivity index (χ3v) is 2.96. The molecule has 0 spiro atoms. The number of nitrogens with one attached hydrogen (secondary N) is 2. The normalized spacial score (nSPS) is 11.6. The second kappa shape index (κ2) is 4.99. The Morgan fingerprint density at radius 3 is 2.70 bits per heavy atom. The zero-order valence-electron chi connectivity index (χ0n) is 12.2. The van der Waals surface area contributed by atoms with Crippen molar-refractivity contribution in [3.63, 3.8) is 0 Å². The van der Waals surface area contributed by atoms with Crippen LogP contribution in [-0.4, -0.2) is 25.9 Å². The monoisotopic (exact) mass is 276 g/mol. The third-order valence-electron chi connectivity index (χ3n) is 2.96. The first kappa shape index (κ1) is 14.1. The molecule has 20 heavy (non-hydrogen) atoms. The Bertz CT molecular complexity index is 619. The first-order valence-electron chi connectivity index (χ1n) is 6.51. The predicted molar refractivity (Wildman–Crippen MR) is 77.6 cm³/mol. The van der Waals surface area contributed by atoms with E-state index in [9.17, 15) is 4.79 Å². The predicted octanol–water partition coefficient (Wildman–Crippen LogP) is 1.76. The number of aromatic nitrogens is 4. The largest absolute Gasteiger partial charge is 0.396 e. The van der Waals surface area contributed by atoms with Crippen molar-refractivity contribution in [2.45, 2.75) is 39.7 Å². The van der Waals surface area contributed by atoms with Gasteiger partial charge in [0, 0.05) is 29.9 Å². The Balaban J connectivity index is 2.15.